The minimum Gasteiger partial charge on any atom is -0.473 e. The molecule has 2 heterocycles. The van der Waals surface area contributed by atoms with Crippen molar-refractivity contribution in [3.05, 3.63) is 94.8 Å². The third-order valence-corrected chi connectivity index (χ3v) is 6.46. The Balaban J connectivity index is 1.31. The molecular weight excluding hydrogens is 441 g/mol. The standard InChI is InChI=1S/C27H21F3N2O2/c1-16-2-3-21(10-24(16)29)31-12-19-6-17-7-20-13-32(22-4-5-23(28)25(30)11-22)15-34-27(20)9-18(17)8-26(19)33-14-31/h2-11H,12-15H2,1H3. The first-order valence-electron chi connectivity index (χ1n) is 11.0. The van der Waals surface area contributed by atoms with Crippen molar-refractivity contribution in [3.63, 3.8) is 0 Å². The molecule has 0 aromatic heterocycles. The van der Waals surface area contributed by atoms with Gasteiger partial charge >= 0.3 is 0 Å². The number of halogens is 3. The van der Waals surface area contributed by atoms with Crippen LogP contribution in [-0.2, 0) is 13.1 Å². The van der Waals surface area contributed by atoms with Crippen LogP contribution in [0.25, 0.3) is 10.8 Å². The fraction of sp³-hybridized carbons (Fsp3) is 0.185. The molecule has 0 spiro atoms. The van der Waals surface area contributed by atoms with Crippen LogP contribution in [0.15, 0.2) is 60.7 Å². The maximum absolute atomic E-state index is 14.1. The molecular formula is C27H21F3N2O2. The Labute approximate surface area is 194 Å². The summed E-state index contributed by atoms with van der Waals surface area (Å²) in [6.45, 7) is 3.44. The van der Waals surface area contributed by atoms with E-state index in [0.29, 0.717) is 31.1 Å². The van der Waals surface area contributed by atoms with Gasteiger partial charge in [0.2, 0.25) is 0 Å². The molecule has 2 aliphatic rings. The molecule has 4 aromatic rings. The van der Waals surface area contributed by atoms with Crippen LogP contribution >= 0.6 is 0 Å². The summed E-state index contributed by atoms with van der Waals surface area (Å²) in [7, 11) is 0. The van der Waals surface area contributed by atoms with Gasteiger partial charge in [-0.3, -0.25) is 0 Å². The monoisotopic (exact) mass is 462 g/mol. The largest absolute Gasteiger partial charge is 0.473 e. The van der Waals surface area contributed by atoms with Crippen molar-refractivity contribution in [2.24, 2.45) is 0 Å². The molecule has 0 saturated heterocycles. The Bertz CT molecular complexity index is 1340. The summed E-state index contributed by atoms with van der Waals surface area (Å²) in [5.41, 5.74) is 3.91. The van der Waals surface area contributed by atoms with Crippen molar-refractivity contribution < 1.29 is 22.6 Å². The highest BCUT2D eigenvalue weighted by Crippen LogP contribution is 2.37. The Morgan fingerprint density at radius 1 is 0.618 bits per heavy atom. The van der Waals surface area contributed by atoms with Crippen LogP contribution in [0.5, 0.6) is 11.5 Å². The van der Waals surface area contributed by atoms with Gasteiger partial charge in [-0.2, -0.15) is 0 Å². The van der Waals surface area contributed by atoms with Gasteiger partial charge < -0.3 is 19.3 Å². The lowest BCUT2D eigenvalue weighted by Gasteiger charge is -2.32. The van der Waals surface area contributed by atoms with E-state index in [1.807, 2.05) is 28.0 Å². The molecule has 7 heteroatoms. The first-order valence-corrected chi connectivity index (χ1v) is 11.0. The molecule has 0 saturated carbocycles. The van der Waals surface area contributed by atoms with Crippen molar-refractivity contribution in [2.75, 3.05) is 23.3 Å². The molecule has 0 amide bonds. The van der Waals surface area contributed by atoms with Crippen molar-refractivity contribution >= 4 is 22.1 Å². The Morgan fingerprint density at radius 2 is 1.15 bits per heavy atom. The molecule has 172 valence electrons. The number of nitrogens with zero attached hydrogens (tertiary/aromatic N) is 2. The minimum absolute atomic E-state index is 0.237. The van der Waals surface area contributed by atoms with E-state index in [4.69, 9.17) is 9.47 Å². The number of aryl methyl sites for hydroxylation is 1. The van der Waals surface area contributed by atoms with Crippen LogP contribution in [-0.4, -0.2) is 13.5 Å². The molecule has 0 bridgehead atoms. The number of rotatable bonds is 2. The summed E-state index contributed by atoms with van der Waals surface area (Å²) in [4.78, 5) is 3.84. The van der Waals surface area contributed by atoms with Gasteiger partial charge in [-0.1, -0.05) is 6.07 Å². The molecule has 6 rings (SSSR count). The molecule has 0 aliphatic carbocycles. The highest BCUT2D eigenvalue weighted by atomic mass is 19.2. The van der Waals surface area contributed by atoms with Crippen LogP contribution in [0.4, 0.5) is 24.5 Å². The van der Waals surface area contributed by atoms with E-state index in [9.17, 15) is 13.2 Å². The maximum Gasteiger partial charge on any atom is 0.161 e. The lowest BCUT2D eigenvalue weighted by molar-refractivity contribution is 0.288. The van der Waals surface area contributed by atoms with Crippen LogP contribution in [0.2, 0.25) is 0 Å². The number of benzene rings is 4. The van der Waals surface area contributed by atoms with Crippen molar-refractivity contribution in [1.82, 2.24) is 0 Å². The Morgan fingerprint density at radius 3 is 1.71 bits per heavy atom. The predicted octanol–water partition coefficient (Wildman–Crippen LogP) is 6.28. The van der Waals surface area contributed by atoms with Crippen molar-refractivity contribution in [1.29, 1.82) is 0 Å². The number of fused-ring (bicyclic) bond motifs is 3. The van der Waals surface area contributed by atoms with E-state index in [0.717, 1.165) is 45.2 Å². The molecule has 0 fully saturated rings. The molecule has 0 radical (unpaired) electrons. The molecule has 0 atom stereocenters. The normalized spacial score (nSPS) is 14.9. The van der Waals surface area contributed by atoms with E-state index in [2.05, 4.69) is 12.1 Å². The molecule has 0 N–H and O–H groups in total. The SMILES string of the molecule is Cc1ccc(N2COc3cc4cc5c(cc4cc3C2)CN(c2ccc(F)c(F)c2)CO5)cc1F. The lowest BCUT2D eigenvalue weighted by Crippen LogP contribution is -2.32. The fourth-order valence-electron chi connectivity index (χ4n) is 4.51. The van der Waals surface area contributed by atoms with Gasteiger partial charge in [-0.25, -0.2) is 13.2 Å². The summed E-state index contributed by atoms with van der Waals surface area (Å²) in [5.74, 6) is -0.428. The first-order chi connectivity index (χ1) is 16.4. The first kappa shape index (κ1) is 20.7. The zero-order valence-corrected chi connectivity index (χ0v) is 18.4. The highest BCUT2D eigenvalue weighted by Gasteiger charge is 2.23. The van der Waals surface area contributed by atoms with E-state index in [1.54, 1.807) is 19.1 Å². The van der Waals surface area contributed by atoms with Gasteiger partial charge in [0.15, 0.2) is 25.1 Å². The predicted molar refractivity (Wildman–Crippen MR) is 125 cm³/mol. The van der Waals surface area contributed by atoms with E-state index in [1.165, 1.54) is 12.1 Å². The lowest BCUT2D eigenvalue weighted by atomic mass is 10.0. The second-order valence-corrected chi connectivity index (χ2v) is 8.74. The Hall–Kier alpha value is -3.87. The number of anilines is 2. The molecule has 34 heavy (non-hydrogen) atoms. The van der Waals surface area contributed by atoms with E-state index < -0.39 is 11.6 Å². The fourth-order valence-corrected chi connectivity index (χ4v) is 4.51. The minimum atomic E-state index is -0.883. The van der Waals surface area contributed by atoms with Crippen LogP contribution in [0, 0.1) is 24.4 Å². The third kappa shape index (κ3) is 3.57. The topological polar surface area (TPSA) is 24.9 Å². The second-order valence-electron chi connectivity index (χ2n) is 8.74. The zero-order chi connectivity index (χ0) is 23.4. The highest BCUT2D eigenvalue weighted by molar-refractivity contribution is 5.88. The zero-order valence-electron chi connectivity index (χ0n) is 18.4. The number of ether oxygens (including phenoxy) is 2. The summed E-state index contributed by atoms with van der Waals surface area (Å²) < 4.78 is 53.1. The molecule has 0 unspecified atom stereocenters. The van der Waals surface area contributed by atoms with Crippen LogP contribution in [0.3, 0.4) is 0 Å². The quantitative estimate of drug-likeness (QED) is 0.350. The van der Waals surface area contributed by atoms with Gasteiger partial charge in [0.1, 0.15) is 17.3 Å². The molecule has 4 aromatic carbocycles. The summed E-state index contributed by atoms with van der Waals surface area (Å²) in [5, 5.41) is 2.02. The third-order valence-electron chi connectivity index (χ3n) is 6.46. The molecule has 2 aliphatic heterocycles. The van der Waals surface area contributed by atoms with E-state index in [-0.39, 0.29) is 12.5 Å². The molecule has 4 nitrogen and oxygen atoms in total. The number of hydrogen-bond donors (Lipinski definition) is 0. The van der Waals surface area contributed by atoms with E-state index >= 15 is 0 Å². The van der Waals surface area contributed by atoms with Gasteiger partial charge in [-0.15, -0.1) is 0 Å². The van der Waals surface area contributed by atoms with Gasteiger partial charge in [0, 0.05) is 41.7 Å². The summed E-state index contributed by atoms with van der Waals surface area (Å²) in [6, 6.07) is 17.2. The van der Waals surface area contributed by atoms with Crippen LogP contribution in [0.1, 0.15) is 16.7 Å². The van der Waals surface area contributed by atoms with Crippen molar-refractivity contribution in [2.45, 2.75) is 20.0 Å². The number of hydrogen-bond acceptors (Lipinski definition) is 4. The van der Waals surface area contributed by atoms with Gasteiger partial charge in [0.05, 0.1) is 0 Å². The Kier molecular flexibility index (Phi) is 4.79. The average molecular weight is 462 g/mol. The smallest absolute Gasteiger partial charge is 0.161 e. The van der Waals surface area contributed by atoms with Gasteiger partial charge in [0.25, 0.3) is 0 Å². The summed E-state index contributed by atoms with van der Waals surface area (Å²) in [6.07, 6.45) is 0. The summed E-state index contributed by atoms with van der Waals surface area (Å²) >= 11 is 0. The van der Waals surface area contributed by atoms with Gasteiger partial charge in [-0.05, 0) is 71.8 Å². The van der Waals surface area contributed by atoms with Crippen LogP contribution < -0.4 is 19.3 Å². The second kappa shape index (κ2) is 7.87. The van der Waals surface area contributed by atoms with Crippen molar-refractivity contribution in [3.8, 4) is 11.5 Å². The maximum atomic E-state index is 14.1. The average Bonchev–Trinajstić information content (AvgIpc) is 2.84.